The highest BCUT2D eigenvalue weighted by Crippen LogP contribution is 2.43. The van der Waals surface area contributed by atoms with Gasteiger partial charge in [-0.2, -0.15) is 5.10 Å². The fourth-order valence-electron chi connectivity index (χ4n) is 3.69. The Morgan fingerprint density at radius 2 is 2.00 bits per heavy atom. The van der Waals surface area contributed by atoms with E-state index in [9.17, 15) is 4.55 Å². The minimum atomic E-state index is -1.25. The molecule has 5 rings (SSSR count). The van der Waals surface area contributed by atoms with Gasteiger partial charge in [-0.3, -0.25) is 4.68 Å². The number of nitrogen functional groups attached to an aromatic ring is 1. The number of ether oxygens (including phenoxy) is 1. The molecule has 2 N–H and O–H groups in total. The molecule has 0 aliphatic rings. The molecule has 0 saturated heterocycles. The summed E-state index contributed by atoms with van der Waals surface area (Å²) in [5.74, 6) is 0.392. The zero-order valence-corrected chi connectivity index (χ0v) is 19.2. The number of rotatable bonds is 6. The van der Waals surface area contributed by atoms with Gasteiger partial charge in [0.05, 0.1) is 12.3 Å². The number of benzene rings is 1. The van der Waals surface area contributed by atoms with E-state index in [1.54, 1.807) is 18.0 Å². The van der Waals surface area contributed by atoms with Crippen LogP contribution in [0.15, 0.2) is 59.1 Å². The van der Waals surface area contributed by atoms with Crippen molar-refractivity contribution in [3.8, 4) is 22.4 Å². The lowest BCUT2D eigenvalue weighted by Crippen LogP contribution is -2.11. The predicted octanol–water partition coefficient (Wildman–Crippen LogP) is 4.25. The smallest absolute Gasteiger partial charge is 0.232 e. The van der Waals surface area contributed by atoms with Crippen LogP contribution in [-0.2, 0) is 23.0 Å². The van der Waals surface area contributed by atoms with Crippen LogP contribution in [0.4, 0.5) is 5.69 Å². The first-order valence-electron chi connectivity index (χ1n) is 10.0. The fraction of sp³-hybridized carbons (Fsp3) is 0.174. The van der Waals surface area contributed by atoms with Crippen LogP contribution in [0.25, 0.3) is 43.6 Å². The van der Waals surface area contributed by atoms with E-state index in [4.69, 9.17) is 15.5 Å². The van der Waals surface area contributed by atoms with Gasteiger partial charge in [-0.25, -0.2) is 9.97 Å². The lowest BCUT2D eigenvalue weighted by Gasteiger charge is -2.09. The van der Waals surface area contributed by atoms with Crippen LogP contribution >= 0.6 is 11.3 Å². The summed E-state index contributed by atoms with van der Waals surface area (Å²) in [5.41, 5.74) is 11.4. The molecule has 7 nitrogen and oxygen atoms in total. The maximum Gasteiger partial charge on any atom is 0.232 e. The zero-order valence-electron chi connectivity index (χ0n) is 17.6. The second-order valence-electron chi connectivity index (χ2n) is 7.39. The first-order valence-corrected chi connectivity index (χ1v) is 12.1. The number of hydrogen-bond donors (Lipinski definition) is 1. The van der Waals surface area contributed by atoms with Crippen LogP contribution in [0, 0.1) is 0 Å². The molecule has 0 saturated carbocycles. The van der Waals surface area contributed by atoms with Crippen LogP contribution in [0.5, 0.6) is 0 Å². The third kappa shape index (κ3) is 3.73. The summed E-state index contributed by atoms with van der Waals surface area (Å²) in [6, 6.07) is 14.1. The van der Waals surface area contributed by atoms with E-state index in [2.05, 4.69) is 10.1 Å². The SMILES string of the molecule is COCC[S@@+]([O-])c1sc2nc(-c3cnc4nn(C)cc4c3)cc(-c3ccccc3)c2c1N. The summed E-state index contributed by atoms with van der Waals surface area (Å²) in [7, 11) is 3.47. The minimum Gasteiger partial charge on any atom is -0.611 e. The van der Waals surface area contributed by atoms with Gasteiger partial charge >= 0.3 is 0 Å². The molecule has 5 aromatic rings. The molecule has 162 valence electrons. The standard InChI is InChI=1S/C23H21N5O2S2/c1-28-13-16-10-15(12-25-21(16)27-28)18-11-17(14-6-4-3-5-7-14)19-20(24)23(31-22(19)26-18)32(29)9-8-30-2/h3-7,10-13H,8-9,24H2,1-2H3/t32-/m1/s1. The van der Waals surface area contributed by atoms with Gasteiger partial charge in [0.15, 0.2) is 5.65 Å². The highest BCUT2D eigenvalue weighted by atomic mass is 32.2. The van der Waals surface area contributed by atoms with E-state index < -0.39 is 11.2 Å². The van der Waals surface area contributed by atoms with Crippen LogP contribution < -0.4 is 5.73 Å². The van der Waals surface area contributed by atoms with Crippen molar-refractivity contribution in [2.75, 3.05) is 25.2 Å². The summed E-state index contributed by atoms with van der Waals surface area (Å²) in [4.78, 5) is 10.1. The molecule has 1 aromatic carbocycles. The molecular formula is C23H21N5O2S2. The third-order valence-electron chi connectivity index (χ3n) is 5.20. The van der Waals surface area contributed by atoms with Crippen molar-refractivity contribution in [2.45, 2.75) is 4.21 Å². The first-order chi connectivity index (χ1) is 15.5. The molecule has 0 spiro atoms. The highest BCUT2D eigenvalue weighted by molar-refractivity contribution is 7.93. The van der Waals surface area contributed by atoms with Gasteiger partial charge in [0.1, 0.15) is 16.3 Å². The molecule has 0 aliphatic heterocycles. The maximum atomic E-state index is 12.9. The van der Waals surface area contributed by atoms with E-state index in [0.29, 0.717) is 27.9 Å². The molecule has 0 radical (unpaired) electrons. The van der Waals surface area contributed by atoms with Crippen LogP contribution in [-0.4, -0.2) is 43.8 Å². The maximum absolute atomic E-state index is 12.9. The van der Waals surface area contributed by atoms with Crippen LogP contribution in [0.2, 0.25) is 0 Å². The Kier molecular flexibility index (Phi) is 5.56. The molecule has 32 heavy (non-hydrogen) atoms. The van der Waals surface area contributed by atoms with Gasteiger partial charge in [-0.05, 0) is 23.3 Å². The molecular weight excluding hydrogens is 442 g/mol. The fourth-order valence-corrected chi connectivity index (χ4v) is 6.25. The molecule has 4 aromatic heterocycles. The van der Waals surface area contributed by atoms with Crippen molar-refractivity contribution in [1.29, 1.82) is 0 Å². The number of hydrogen-bond acceptors (Lipinski definition) is 7. The normalized spacial score (nSPS) is 12.6. The van der Waals surface area contributed by atoms with Crippen molar-refractivity contribution in [2.24, 2.45) is 7.05 Å². The number of anilines is 1. The summed E-state index contributed by atoms with van der Waals surface area (Å²) in [5, 5.41) is 6.13. The molecule has 0 bridgehead atoms. The highest BCUT2D eigenvalue weighted by Gasteiger charge is 2.25. The number of aromatic nitrogens is 4. The van der Waals surface area contributed by atoms with Gasteiger partial charge < -0.3 is 15.0 Å². The number of nitrogens with zero attached hydrogens (tertiary/aromatic N) is 4. The molecule has 4 heterocycles. The van der Waals surface area contributed by atoms with Crippen molar-refractivity contribution in [3.63, 3.8) is 0 Å². The summed E-state index contributed by atoms with van der Waals surface area (Å²) in [6.45, 7) is 0.404. The van der Waals surface area contributed by atoms with Gasteiger partial charge in [0.25, 0.3) is 0 Å². The Hall–Kier alpha value is -2.98. The number of aryl methyl sites for hydroxylation is 1. The average molecular weight is 464 g/mol. The second-order valence-corrected chi connectivity index (χ2v) is 10.2. The molecule has 1 atom stereocenters. The second kappa shape index (κ2) is 8.51. The van der Waals surface area contributed by atoms with Crippen LogP contribution in [0.1, 0.15) is 0 Å². The Labute approximate surface area is 192 Å². The quantitative estimate of drug-likeness (QED) is 0.378. The van der Waals surface area contributed by atoms with Crippen molar-refractivity contribution in [1.82, 2.24) is 19.7 Å². The number of fused-ring (bicyclic) bond motifs is 2. The lowest BCUT2D eigenvalue weighted by molar-refractivity contribution is 0.217. The van der Waals surface area contributed by atoms with E-state index >= 15 is 0 Å². The summed E-state index contributed by atoms with van der Waals surface area (Å²) >= 11 is 0.125. The number of thiophene rings is 1. The van der Waals surface area contributed by atoms with Crippen molar-refractivity contribution >= 4 is 49.5 Å². The first kappa shape index (κ1) is 20.9. The Bertz CT molecular complexity index is 1410. The molecule has 0 amide bonds. The molecule has 0 aliphatic carbocycles. The monoisotopic (exact) mass is 463 g/mol. The van der Waals surface area contributed by atoms with E-state index in [-0.39, 0.29) is 0 Å². The molecule has 0 fully saturated rings. The van der Waals surface area contributed by atoms with Gasteiger partial charge in [0, 0.05) is 54.1 Å². The molecule has 0 unspecified atom stereocenters. The van der Waals surface area contributed by atoms with Crippen LogP contribution in [0.3, 0.4) is 0 Å². The van der Waals surface area contributed by atoms with Crippen molar-refractivity contribution in [3.05, 3.63) is 54.9 Å². The Balaban J connectivity index is 1.72. The Morgan fingerprint density at radius 1 is 1.19 bits per heavy atom. The Morgan fingerprint density at radius 3 is 2.78 bits per heavy atom. The van der Waals surface area contributed by atoms with Gasteiger partial charge in [-0.1, -0.05) is 41.7 Å². The zero-order chi connectivity index (χ0) is 22.2. The van der Waals surface area contributed by atoms with E-state index in [1.165, 1.54) is 11.3 Å². The van der Waals surface area contributed by atoms with Gasteiger partial charge in [0.2, 0.25) is 4.21 Å². The minimum absolute atomic E-state index is 0.392. The van der Waals surface area contributed by atoms with Crippen molar-refractivity contribution < 1.29 is 9.29 Å². The lowest BCUT2D eigenvalue weighted by atomic mass is 10.0. The summed E-state index contributed by atoms with van der Waals surface area (Å²) in [6.07, 6.45) is 3.72. The largest absolute Gasteiger partial charge is 0.611 e. The predicted molar refractivity (Wildman–Crippen MR) is 130 cm³/mol. The number of methoxy groups -OCH3 is 1. The van der Waals surface area contributed by atoms with Gasteiger partial charge in [-0.15, -0.1) is 0 Å². The number of nitrogens with two attached hydrogens (primary N) is 1. The molecule has 9 heteroatoms. The number of pyridine rings is 2. The van der Waals surface area contributed by atoms with E-state index in [0.717, 1.165) is 38.0 Å². The third-order valence-corrected chi connectivity index (χ3v) is 8.07. The van der Waals surface area contributed by atoms with E-state index in [1.807, 2.05) is 55.7 Å². The average Bonchev–Trinajstić information content (AvgIpc) is 3.35. The summed E-state index contributed by atoms with van der Waals surface area (Å²) < 4.78 is 20.3. The topological polar surface area (TPSA) is 102 Å².